The molecule has 0 aliphatic heterocycles. The van der Waals surface area contributed by atoms with Gasteiger partial charge in [-0.2, -0.15) is 0 Å². The predicted octanol–water partition coefficient (Wildman–Crippen LogP) is 2.84. The smallest absolute Gasteiger partial charge is 0.337 e. The third-order valence-electron chi connectivity index (χ3n) is 5.01. The summed E-state index contributed by atoms with van der Waals surface area (Å²) >= 11 is 1.14. The number of nitrogens with one attached hydrogen (secondary N) is 1. The van der Waals surface area contributed by atoms with E-state index in [0.29, 0.717) is 21.5 Å². The quantitative estimate of drug-likeness (QED) is 0.440. The van der Waals surface area contributed by atoms with Gasteiger partial charge in [-0.05, 0) is 41.8 Å². The second-order valence-corrected chi connectivity index (χ2v) is 8.02. The van der Waals surface area contributed by atoms with Crippen LogP contribution in [0.25, 0.3) is 10.2 Å². The lowest BCUT2D eigenvalue weighted by Gasteiger charge is -2.13. The molecule has 4 rings (SSSR count). The number of ether oxygens (including phenoxy) is 1. The summed E-state index contributed by atoms with van der Waals surface area (Å²) in [4.78, 5) is 50.2. The minimum Gasteiger partial charge on any atom is -0.465 e. The molecular weight excluding hydrogens is 449 g/mol. The molecule has 0 radical (unpaired) electrons. The molecule has 168 valence electrons. The van der Waals surface area contributed by atoms with Gasteiger partial charge < -0.3 is 10.1 Å². The van der Waals surface area contributed by atoms with E-state index in [2.05, 4.69) is 10.1 Å². The first-order valence-corrected chi connectivity index (χ1v) is 10.7. The highest BCUT2D eigenvalue weighted by Gasteiger charge is 2.18. The number of benzene rings is 2. The average molecular weight is 467 g/mol. The average Bonchev–Trinajstić information content (AvgIpc) is 3.31. The summed E-state index contributed by atoms with van der Waals surface area (Å²) in [6, 6.07) is 13.5. The molecule has 10 heteroatoms. The lowest BCUT2D eigenvalue weighted by molar-refractivity contribution is -0.116. The van der Waals surface area contributed by atoms with Crippen molar-refractivity contribution in [2.45, 2.75) is 13.1 Å². The van der Waals surface area contributed by atoms with Crippen LogP contribution in [0.2, 0.25) is 0 Å². The van der Waals surface area contributed by atoms with Gasteiger partial charge in [-0.15, -0.1) is 11.3 Å². The first kappa shape index (κ1) is 22.2. The maximum Gasteiger partial charge on any atom is 0.337 e. The van der Waals surface area contributed by atoms with E-state index in [-0.39, 0.29) is 18.7 Å². The molecule has 0 saturated carbocycles. The molecule has 0 aliphatic carbocycles. The molecule has 8 nitrogen and oxygen atoms in total. The molecule has 4 aromatic rings. The van der Waals surface area contributed by atoms with Crippen LogP contribution in [0.4, 0.5) is 10.1 Å². The minimum atomic E-state index is -0.717. The van der Waals surface area contributed by atoms with Crippen LogP contribution in [0.3, 0.4) is 0 Å². The van der Waals surface area contributed by atoms with E-state index >= 15 is 0 Å². The second kappa shape index (κ2) is 9.21. The number of nitrogens with zero attached hydrogens (tertiary/aromatic N) is 2. The Morgan fingerprint density at radius 3 is 2.45 bits per heavy atom. The van der Waals surface area contributed by atoms with Crippen molar-refractivity contribution in [3.63, 3.8) is 0 Å². The van der Waals surface area contributed by atoms with Gasteiger partial charge in [-0.1, -0.05) is 18.2 Å². The number of thiophene rings is 1. The van der Waals surface area contributed by atoms with Gasteiger partial charge in [-0.3, -0.25) is 18.7 Å². The van der Waals surface area contributed by atoms with E-state index in [1.165, 1.54) is 54.1 Å². The molecule has 1 amide bonds. The molecule has 0 atom stereocenters. The van der Waals surface area contributed by atoms with E-state index in [4.69, 9.17) is 0 Å². The SMILES string of the molecule is COC(=O)c1ccc(NC(=O)Cn2c(=O)n(Cc3ccccc3F)c(=O)c3sccc32)cc1. The summed E-state index contributed by atoms with van der Waals surface area (Å²) in [6.07, 6.45) is 0. The number of aromatic nitrogens is 2. The minimum absolute atomic E-state index is 0.189. The Balaban J connectivity index is 1.65. The van der Waals surface area contributed by atoms with Crippen molar-refractivity contribution in [2.75, 3.05) is 12.4 Å². The lowest BCUT2D eigenvalue weighted by Crippen LogP contribution is -2.41. The Kier molecular flexibility index (Phi) is 6.18. The Morgan fingerprint density at radius 2 is 1.76 bits per heavy atom. The van der Waals surface area contributed by atoms with E-state index in [1.807, 2.05) is 0 Å². The molecule has 2 heterocycles. The fraction of sp³-hybridized carbons (Fsp3) is 0.130. The lowest BCUT2D eigenvalue weighted by atomic mass is 10.2. The van der Waals surface area contributed by atoms with Gasteiger partial charge in [0.25, 0.3) is 5.56 Å². The van der Waals surface area contributed by atoms with Crippen molar-refractivity contribution in [1.29, 1.82) is 0 Å². The largest absolute Gasteiger partial charge is 0.465 e. The van der Waals surface area contributed by atoms with Gasteiger partial charge in [0.15, 0.2) is 0 Å². The summed E-state index contributed by atoms with van der Waals surface area (Å²) in [6.45, 7) is -0.614. The van der Waals surface area contributed by atoms with Crippen molar-refractivity contribution in [3.05, 3.63) is 97.8 Å². The number of carbonyl (C=O) groups excluding carboxylic acids is 2. The van der Waals surface area contributed by atoms with Gasteiger partial charge in [-0.25, -0.2) is 14.0 Å². The number of carbonyl (C=O) groups is 2. The van der Waals surface area contributed by atoms with Crippen LogP contribution < -0.4 is 16.6 Å². The molecular formula is C23H18FN3O5S. The highest BCUT2D eigenvalue weighted by atomic mass is 32.1. The topological polar surface area (TPSA) is 99.4 Å². The molecule has 33 heavy (non-hydrogen) atoms. The van der Waals surface area contributed by atoms with Gasteiger partial charge in [0, 0.05) is 11.3 Å². The van der Waals surface area contributed by atoms with Gasteiger partial charge in [0.2, 0.25) is 5.91 Å². The van der Waals surface area contributed by atoms with Crippen molar-refractivity contribution >= 4 is 39.1 Å². The number of anilines is 1. The first-order chi connectivity index (χ1) is 15.9. The van der Waals surface area contributed by atoms with Crippen LogP contribution in [0, 0.1) is 5.82 Å². The standard InChI is InChI=1S/C23H18FN3O5S/c1-32-22(30)14-6-8-16(9-7-14)25-19(28)13-26-18-10-11-33-20(18)21(29)27(23(26)31)12-15-4-2-3-5-17(15)24/h2-11H,12-13H2,1H3,(H,25,28). The Bertz CT molecular complexity index is 1470. The van der Waals surface area contributed by atoms with Gasteiger partial charge in [0.1, 0.15) is 17.1 Å². The van der Waals surface area contributed by atoms with Crippen LogP contribution in [0.1, 0.15) is 15.9 Å². The van der Waals surface area contributed by atoms with Crippen LogP contribution >= 0.6 is 11.3 Å². The highest BCUT2D eigenvalue weighted by Crippen LogP contribution is 2.17. The van der Waals surface area contributed by atoms with Crippen LogP contribution in [-0.4, -0.2) is 28.1 Å². The normalized spacial score (nSPS) is 10.8. The summed E-state index contributed by atoms with van der Waals surface area (Å²) in [5, 5.41) is 4.31. The van der Waals surface area contributed by atoms with E-state index < -0.39 is 28.9 Å². The molecule has 0 aliphatic rings. The van der Waals surface area contributed by atoms with E-state index in [0.717, 1.165) is 15.9 Å². The van der Waals surface area contributed by atoms with E-state index in [9.17, 15) is 23.6 Å². The first-order valence-electron chi connectivity index (χ1n) is 9.81. The van der Waals surface area contributed by atoms with Gasteiger partial charge in [0.05, 0.1) is 24.7 Å². The van der Waals surface area contributed by atoms with Gasteiger partial charge >= 0.3 is 11.7 Å². The van der Waals surface area contributed by atoms with Crippen molar-refractivity contribution < 1.29 is 18.7 Å². The Labute approximate surface area is 190 Å². The third kappa shape index (κ3) is 4.46. The van der Waals surface area contributed by atoms with Crippen LogP contribution in [0.15, 0.2) is 69.6 Å². The Morgan fingerprint density at radius 1 is 1.03 bits per heavy atom. The number of hydrogen-bond donors (Lipinski definition) is 1. The predicted molar refractivity (Wildman–Crippen MR) is 122 cm³/mol. The molecule has 0 unspecified atom stereocenters. The number of methoxy groups -OCH3 is 1. The number of halogens is 1. The molecule has 0 fully saturated rings. The zero-order valence-corrected chi connectivity index (χ0v) is 18.2. The fourth-order valence-electron chi connectivity index (χ4n) is 3.37. The number of esters is 1. The molecule has 0 bridgehead atoms. The zero-order chi connectivity index (χ0) is 23.5. The van der Waals surface area contributed by atoms with Crippen LogP contribution in [0.5, 0.6) is 0 Å². The Hall–Kier alpha value is -4.05. The fourth-order valence-corrected chi connectivity index (χ4v) is 4.22. The number of hydrogen-bond acceptors (Lipinski definition) is 6. The maximum atomic E-state index is 14.1. The van der Waals surface area contributed by atoms with Crippen molar-refractivity contribution in [1.82, 2.24) is 9.13 Å². The number of amides is 1. The zero-order valence-electron chi connectivity index (χ0n) is 17.4. The summed E-state index contributed by atoms with van der Waals surface area (Å²) in [5.74, 6) is -1.54. The molecule has 1 N–H and O–H groups in total. The third-order valence-corrected chi connectivity index (χ3v) is 5.91. The molecule has 0 spiro atoms. The number of rotatable bonds is 6. The molecule has 0 saturated heterocycles. The van der Waals surface area contributed by atoms with E-state index in [1.54, 1.807) is 17.5 Å². The van der Waals surface area contributed by atoms with Crippen molar-refractivity contribution in [2.24, 2.45) is 0 Å². The summed E-state index contributed by atoms with van der Waals surface area (Å²) < 4.78 is 21.2. The monoisotopic (exact) mass is 467 g/mol. The maximum absolute atomic E-state index is 14.1. The molecule has 2 aromatic heterocycles. The summed E-state index contributed by atoms with van der Waals surface area (Å²) in [7, 11) is 1.27. The summed E-state index contributed by atoms with van der Waals surface area (Å²) in [5.41, 5.74) is 0.00721. The second-order valence-electron chi connectivity index (χ2n) is 7.10. The van der Waals surface area contributed by atoms with Crippen molar-refractivity contribution in [3.8, 4) is 0 Å². The number of fused-ring (bicyclic) bond motifs is 1. The molecule has 2 aromatic carbocycles. The highest BCUT2D eigenvalue weighted by molar-refractivity contribution is 7.17. The van der Waals surface area contributed by atoms with Crippen LogP contribution in [-0.2, 0) is 22.6 Å².